The third-order valence-corrected chi connectivity index (χ3v) is 5.35. The first-order valence-electron chi connectivity index (χ1n) is 9.30. The third kappa shape index (κ3) is 5.21. The van der Waals surface area contributed by atoms with Crippen LogP contribution in [0.1, 0.15) is 11.1 Å². The van der Waals surface area contributed by atoms with Gasteiger partial charge in [-0.1, -0.05) is 36.4 Å². The number of ether oxygens (including phenoxy) is 2. The highest BCUT2D eigenvalue weighted by Crippen LogP contribution is 2.32. The summed E-state index contributed by atoms with van der Waals surface area (Å²) in [6, 6.07) is 14.6. The molecule has 8 heteroatoms. The first-order chi connectivity index (χ1) is 14.5. The van der Waals surface area contributed by atoms with E-state index in [0.717, 1.165) is 27.8 Å². The lowest BCUT2D eigenvalue weighted by molar-refractivity contribution is -0.124. The van der Waals surface area contributed by atoms with Crippen molar-refractivity contribution in [1.82, 2.24) is 10.2 Å². The van der Waals surface area contributed by atoms with Crippen LogP contribution >= 0.6 is 11.8 Å². The molecule has 1 N–H and O–H groups in total. The van der Waals surface area contributed by atoms with Crippen molar-refractivity contribution in [2.24, 2.45) is 0 Å². The fourth-order valence-electron chi connectivity index (χ4n) is 2.94. The van der Waals surface area contributed by atoms with E-state index in [1.807, 2.05) is 30.3 Å². The number of methoxy groups -OCH3 is 2. The monoisotopic (exact) mass is 426 g/mol. The van der Waals surface area contributed by atoms with Crippen molar-refractivity contribution >= 4 is 34.9 Å². The van der Waals surface area contributed by atoms with Gasteiger partial charge in [0.05, 0.1) is 25.5 Å². The number of benzene rings is 2. The summed E-state index contributed by atoms with van der Waals surface area (Å²) in [5.41, 5.74) is 1.62. The van der Waals surface area contributed by atoms with E-state index in [2.05, 4.69) is 5.32 Å². The molecule has 156 valence electrons. The Morgan fingerprint density at radius 1 is 1.07 bits per heavy atom. The Labute approximate surface area is 179 Å². The molecule has 2 aromatic carbocycles. The molecule has 0 aliphatic carbocycles. The van der Waals surface area contributed by atoms with Crippen LogP contribution in [-0.4, -0.2) is 49.3 Å². The average Bonchev–Trinajstić information content (AvgIpc) is 3.01. The quantitative estimate of drug-likeness (QED) is 0.653. The molecule has 1 aliphatic heterocycles. The van der Waals surface area contributed by atoms with Gasteiger partial charge in [0.25, 0.3) is 11.1 Å². The molecule has 1 saturated heterocycles. The second-order valence-electron chi connectivity index (χ2n) is 6.46. The summed E-state index contributed by atoms with van der Waals surface area (Å²) in [5.74, 6) is 0.576. The van der Waals surface area contributed by atoms with Crippen LogP contribution < -0.4 is 14.8 Å². The molecule has 7 nitrogen and oxygen atoms in total. The van der Waals surface area contributed by atoms with Gasteiger partial charge in [-0.15, -0.1) is 0 Å². The molecular weight excluding hydrogens is 404 g/mol. The molecule has 1 heterocycles. The van der Waals surface area contributed by atoms with Gasteiger partial charge in [-0.05, 0) is 41.1 Å². The number of hydrogen-bond acceptors (Lipinski definition) is 6. The van der Waals surface area contributed by atoms with Crippen LogP contribution in [0.4, 0.5) is 4.79 Å². The molecule has 3 rings (SSSR count). The van der Waals surface area contributed by atoms with Gasteiger partial charge in [-0.25, -0.2) is 0 Å². The summed E-state index contributed by atoms with van der Waals surface area (Å²) in [5, 5.41) is 2.41. The molecule has 1 aliphatic rings. The van der Waals surface area contributed by atoms with E-state index >= 15 is 0 Å². The number of imide groups is 1. The summed E-state index contributed by atoms with van der Waals surface area (Å²) >= 11 is 0.906. The highest BCUT2D eigenvalue weighted by molar-refractivity contribution is 8.18. The summed E-state index contributed by atoms with van der Waals surface area (Å²) in [4.78, 5) is 38.4. The summed E-state index contributed by atoms with van der Waals surface area (Å²) in [6.45, 7) is 0.303. The van der Waals surface area contributed by atoms with Gasteiger partial charge in [0.1, 0.15) is 0 Å². The molecule has 1 fully saturated rings. The molecule has 30 heavy (non-hydrogen) atoms. The zero-order chi connectivity index (χ0) is 21.5. The maximum absolute atomic E-state index is 12.5. The number of hydrogen-bond donors (Lipinski definition) is 1. The first-order valence-corrected chi connectivity index (χ1v) is 10.1. The van der Waals surface area contributed by atoms with Crippen LogP contribution in [-0.2, 0) is 16.0 Å². The number of rotatable bonds is 8. The first kappa shape index (κ1) is 21.4. The van der Waals surface area contributed by atoms with Crippen molar-refractivity contribution < 1.29 is 23.9 Å². The van der Waals surface area contributed by atoms with Crippen LogP contribution in [0, 0.1) is 0 Å². The number of carbonyl (C=O) groups is 3. The van der Waals surface area contributed by atoms with Crippen LogP contribution in [0.2, 0.25) is 0 Å². The van der Waals surface area contributed by atoms with E-state index in [1.165, 1.54) is 7.11 Å². The zero-order valence-corrected chi connectivity index (χ0v) is 17.5. The van der Waals surface area contributed by atoms with Crippen LogP contribution in [0.3, 0.4) is 0 Å². The van der Waals surface area contributed by atoms with E-state index in [9.17, 15) is 14.4 Å². The number of amides is 3. The topological polar surface area (TPSA) is 84.9 Å². The predicted molar refractivity (Wildman–Crippen MR) is 115 cm³/mol. The normalized spacial score (nSPS) is 14.9. The standard InChI is InChI=1S/C22H22N2O5S/c1-28-17-9-8-16(12-18(17)29-2)14-20(25)23-10-11-24-21(26)19(30-22(24)27)13-15-6-4-3-5-7-15/h3-9,12-13H,10-11,14H2,1-2H3,(H,23,25). The SMILES string of the molecule is COc1ccc(CC(=O)NCCN2C(=O)SC(=Cc3ccccc3)C2=O)cc1OC. The second kappa shape index (κ2) is 9.98. The van der Waals surface area contributed by atoms with Crippen LogP contribution in [0.25, 0.3) is 6.08 Å². The van der Waals surface area contributed by atoms with Gasteiger partial charge in [0.15, 0.2) is 11.5 Å². The van der Waals surface area contributed by atoms with Crippen molar-refractivity contribution in [1.29, 1.82) is 0 Å². The summed E-state index contributed by atoms with van der Waals surface area (Å²) < 4.78 is 10.4. The Morgan fingerprint density at radius 2 is 1.80 bits per heavy atom. The van der Waals surface area contributed by atoms with Crippen LogP contribution in [0.5, 0.6) is 11.5 Å². The van der Waals surface area contributed by atoms with Crippen molar-refractivity contribution in [3.05, 3.63) is 64.6 Å². The maximum Gasteiger partial charge on any atom is 0.293 e. The van der Waals surface area contributed by atoms with Gasteiger partial charge in [-0.3, -0.25) is 19.3 Å². The summed E-state index contributed by atoms with van der Waals surface area (Å²) in [7, 11) is 3.08. The van der Waals surface area contributed by atoms with Gasteiger partial charge >= 0.3 is 0 Å². The van der Waals surface area contributed by atoms with Crippen molar-refractivity contribution in [2.45, 2.75) is 6.42 Å². The molecule has 0 radical (unpaired) electrons. The van der Waals surface area contributed by atoms with Gasteiger partial charge in [0, 0.05) is 13.1 Å². The van der Waals surface area contributed by atoms with E-state index in [0.29, 0.717) is 16.4 Å². The fraction of sp³-hybridized carbons (Fsp3) is 0.227. The molecule has 0 saturated carbocycles. The van der Waals surface area contributed by atoms with Gasteiger partial charge in [0.2, 0.25) is 5.91 Å². The highest BCUT2D eigenvalue weighted by atomic mass is 32.2. The van der Waals surface area contributed by atoms with Gasteiger partial charge in [-0.2, -0.15) is 0 Å². The lowest BCUT2D eigenvalue weighted by atomic mass is 10.1. The Hall–Kier alpha value is -3.26. The maximum atomic E-state index is 12.5. The van der Waals surface area contributed by atoms with Crippen molar-refractivity contribution in [3.8, 4) is 11.5 Å². The van der Waals surface area contributed by atoms with E-state index in [-0.39, 0.29) is 36.6 Å². The smallest absolute Gasteiger partial charge is 0.293 e. The number of carbonyl (C=O) groups excluding carboxylic acids is 3. The molecule has 2 aromatic rings. The molecular formula is C22H22N2O5S. The lowest BCUT2D eigenvalue weighted by Crippen LogP contribution is -2.37. The molecule has 0 atom stereocenters. The zero-order valence-electron chi connectivity index (χ0n) is 16.7. The predicted octanol–water partition coefficient (Wildman–Crippen LogP) is 3.10. The van der Waals surface area contributed by atoms with Crippen molar-refractivity contribution in [3.63, 3.8) is 0 Å². The minimum Gasteiger partial charge on any atom is -0.493 e. The Balaban J connectivity index is 1.52. The number of thioether (sulfide) groups is 1. The Morgan fingerprint density at radius 3 is 2.50 bits per heavy atom. The highest BCUT2D eigenvalue weighted by Gasteiger charge is 2.34. The molecule has 0 bridgehead atoms. The lowest BCUT2D eigenvalue weighted by Gasteiger charge is -2.13. The molecule has 0 unspecified atom stereocenters. The Kier molecular flexibility index (Phi) is 7.13. The van der Waals surface area contributed by atoms with E-state index in [4.69, 9.17) is 9.47 Å². The van der Waals surface area contributed by atoms with Crippen molar-refractivity contribution in [2.75, 3.05) is 27.3 Å². The van der Waals surface area contributed by atoms with E-state index < -0.39 is 0 Å². The molecule has 0 spiro atoms. The minimum atomic E-state index is -0.344. The molecule has 0 aromatic heterocycles. The summed E-state index contributed by atoms with van der Waals surface area (Å²) in [6.07, 6.45) is 1.84. The van der Waals surface area contributed by atoms with Gasteiger partial charge < -0.3 is 14.8 Å². The number of nitrogens with one attached hydrogen (secondary N) is 1. The molecule has 3 amide bonds. The largest absolute Gasteiger partial charge is 0.493 e. The number of nitrogens with zero attached hydrogens (tertiary/aromatic N) is 1. The van der Waals surface area contributed by atoms with E-state index in [1.54, 1.807) is 31.4 Å². The minimum absolute atomic E-state index is 0.120. The average molecular weight is 426 g/mol. The fourth-order valence-corrected chi connectivity index (χ4v) is 3.80. The Bertz CT molecular complexity index is 975. The van der Waals surface area contributed by atoms with Crippen LogP contribution in [0.15, 0.2) is 53.4 Å². The third-order valence-electron chi connectivity index (χ3n) is 4.44. The second-order valence-corrected chi connectivity index (χ2v) is 7.45.